The van der Waals surface area contributed by atoms with Crippen molar-refractivity contribution in [3.05, 3.63) is 71.5 Å². The lowest BCUT2D eigenvalue weighted by molar-refractivity contribution is -0.122. The van der Waals surface area contributed by atoms with Crippen LogP contribution < -0.4 is 15.4 Å². The van der Waals surface area contributed by atoms with E-state index in [4.69, 9.17) is 4.74 Å². The van der Waals surface area contributed by atoms with Crippen LogP contribution in [0.2, 0.25) is 0 Å². The molecule has 0 saturated heterocycles. The molecule has 7 heteroatoms. The monoisotopic (exact) mass is 404 g/mol. The number of nitrogens with one attached hydrogen (secondary N) is 2. The lowest BCUT2D eigenvalue weighted by atomic mass is 10.2. The molecule has 1 aliphatic carbocycles. The van der Waals surface area contributed by atoms with Crippen molar-refractivity contribution in [1.82, 2.24) is 15.1 Å². The SMILES string of the molecule is CCNC(=O)COc1cccc(NC(=O)c2nn(-c3ccccc3)c3c2CCC3)c1. The Hall–Kier alpha value is -3.61. The van der Waals surface area contributed by atoms with Crippen LogP contribution in [-0.4, -0.2) is 34.7 Å². The Bertz CT molecular complexity index is 1060. The van der Waals surface area contributed by atoms with Crippen LogP contribution >= 0.6 is 0 Å². The second-order valence-electron chi connectivity index (χ2n) is 7.10. The minimum Gasteiger partial charge on any atom is -0.484 e. The molecular formula is C23H24N4O3. The Morgan fingerprint density at radius 1 is 1.10 bits per heavy atom. The van der Waals surface area contributed by atoms with Gasteiger partial charge >= 0.3 is 0 Å². The molecule has 1 aliphatic rings. The summed E-state index contributed by atoms with van der Waals surface area (Å²) in [6.07, 6.45) is 2.78. The summed E-state index contributed by atoms with van der Waals surface area (Å²) >= 11 is 0. The molecule has 7 nitrogen and oxygen atoms in total. The highest BCUT2D eigenvalue weighted by molar-refractivity contribution is 6.04. The number of nitrogens with zero attached hydrogens (tertiary/aromatic N) is 2. The van der Waals surface area contributed by atoms with E-state index in [0.717, 1.165) is 36.2 Å². The van der Waals surface area contributed by atoms with E-state index in [1.54, 1.807) is 24.3 Å². The Balaban J connectivity index is 1.51. The van der Waals surface area contributed by atoms with Gasteiger partial charge in [0.2, 0.25) is 0 Å². The fourth-order valence-corrected chi connectivity index (χ4v) is 3.65. The van der Waals surface area contributed by atoms with Crippen LogP contribution in [0.3, 0.4) is 0 Å². The standard InChI is InChI=1S/C23H24N4O3/c1-2-24-21(28)15-30-18-11-6-8-16(14-18)25-23(29)22-19-12-7-13-20(19)27(26-22)17-9-4-3-5-10-17/h3-6,8-11,14H,2,7,12-13,15H2,1H3,(H,24,28)(H,25,29). The van der Waals surface area contributed by atoms with E-state index in [2.05, 4.69) is 15.7 Å². The molecule has 1 aromatic heterocycles. The van der Waals surface area contributed by atoms with Crippen LogP contribution in [0.1, 0.15) is 35.1 Å². The number of carbonyl (C=O) groups is 2. The third-order valence-electron chi connectivity index (χ3n) is 4.98. The van der Waals surface area contributed by atoms with E-state index in [1.807, 2.05) is 41.9 Å². The summed E-state index contributed by atoms with van der Waals surface area (Å²) in [5.41, 5.74) is 4.12. The van der Waals surface area contributed by atoms with Crippen LogP contribution in [0.25, 0.3) is 5.69 Å². The van der Waals surface area contributed by atoms with Gasteiger partial charge in [0.1, 0.15) is 5.75 Å². The average Bonchev–Trinajstić information content (AvgIpc) is 3.36. The molecule has 2 amide bonds. The third kappa shape index (κ3) is 4.20. The minimum atomic E-state index is -0.247. The second-order valence-corrected chi connectivity index (χ2v) is 7.10. The van der Waals surface area contributed by atoms with Crippen molar-refractivity contribution in [2.24, 2.45) is 0 Å². The molecule has 0 atom stereocenters. The molecule has 1 heterocycles. The normalized spacial score (nSPS) is 12.3. The number of para-hydroxylation sites is 1. The number of fused-ring (bicyclic) bond motifs is 1. The smallest absolute Gasteiger partial charge is 0.276 e. The molecule has 30 heavy (non-hydrogen) atoms. The first kappa shape index (κ1) is 19.7. The van der Waals surface area contributed by atoms with Gasteiger partial charge in [0, 0.05) is 29.6 Å². The van der Waals surface area contributed by atoms with E-state index in [1.165, 1.54) is 0 Å². The lowest BCUT2D eigenvalue weighted by Gasteiger charge is -2.09. The van der Waals surface area contributed by atoms with Gasteiger partial charge in [0.15, 0.2) is 12.3 Å². The van der Waals surface area contributed by atoms with E-state index < -0.39 is 0 Å². The molecule has 154 valence electrons. The van der Waals surface area contributed by atoms with Gasteiger partial charge in [-0.05, 0) is 50.5 Å². The molecule has 3 aromatic rings. The summed E-state index contributed by atoms with van der Waals surface area (Å²) in [6, 6.07) is 16.9. The Morgan fingerprint density at radius 2 is 1.93 bits per heavy atom. The summed E-state index contributed by atoms with van der Waals surface area (Å²) in [7, 11) is 0. The molecule has 2 N–H and O–H groups in total. The molecule has 2 aromatic carbocycles. The highest BCUT2D eigenvalue weighted by atomic mass is 16.5. The van der Waals surface area contributed by atoms with Crippen LogP contribution in [-0.2, 0) is 17.6 Å². The van der Waals surface area contributed by atoms with Gasteiger partial charge in [0.05, 0.1) is 5.69 Å². The molecule has 0 bridgehead atoms. The number of ether oxygens (including phenoxy) is 1. The van der Waals surface area contributed by atoms with Crippen LogP contribution in [0, 0.1) is 0 Å². The number of anilines is 1. The minimum absolute atomic E-state index is 0.0692. The molecule has 4 rings (SSSR count). The summed E-state index contributed by atoms with van der Waals surface area (Å²) in [6.45, 7) is 2.34. The molecular weight excluding hydrogens is 380 g/mol. The summed E-state index contributed by atoms with van der Waals surface area (Å²) in [5.74, 6) is 0.0803. The zero-order valence-corrected chi connectivity index (χ0v) is 16.9. The van der Waals surface area contributed by atoms with Crippen molar-refractivity contribution >= 4 is 17.5 Å². The number of rotatable bonds is 7. The number of hydrogen-bond acceptors (Lipinski definition) is 4. The lowest BCUT2D eigenvalue weighted by Crippen LogP contribution is -2.28. The summed E-state index contributed by atoms with van der Waals surface area (Å²) < 4.78 is 7.38. The first-order valence-electron chi connectivity index (χ1n) is 10.1. The highest BCUT2D eigenvalue weighted by Crippen LogP contribution is 2.28. The first-order valence-corrected chi connectivity index (χ1v) is 10.1. The van der Waals surface area contributed by atoms with Crippen molar-refractivity contribution in [1.29, 1.82) is 0 Å². The van der Waals surface area contributed by atoms with Gasteiger partial charge in [-0.1, -0.05) is 24.3 Å². The maximum absolute atomic E-state index is 13.0. The molecule has 0 fully saturated rings. The number of amides is 2. The third-order valence-corrected chi connectivity index (χ3v) is 4.98. The van der Waals surface area contributed by atoms with Gasteiger partial charge in [0.25, 0.3) is 11.8 Å². The largest absolute Gasteiger partial charge is 0.484 e. The fourth-order valence-electron chi connectivity index (χ4n) is 3.65. The average molecular weight is 404 g/mol. The molecule has 0 aliphatic heterocycles. The number of likely N-dealkylation sites (N-methyl/N-ethyl adjacent to an activating group) is 1. The number of hydrogen-bond donors (Lipinski definition) is 2. The first-order chi connectivity index (χ1) is 14.7. The summed E-state index contributed by atoms with van der Waals surface area (Å²) in [4.78, 5) is 24.6. The summed E-state index contributed by atoms with van der Waals surface area (Å²) in [5, 5.41) is 10.2. The van der Waals surface area contributed by atoms with Crippen molar-refractivity contribution in [2.75, 3.05) is 18.5 Å². The van der Waals surface area contributed by atoms with Gasteiger partial charge < -0.3 is 15.4 Å². The quantitative estimate of drug-likeness (QED) is 0.634. The van der Waals surface area contributed by atoms with E-state index in [-0.39, 0.29) is 18.4 Å². The topological polar surface area (TPSA) is 85.2 Å². The predicted octanol–water partition coefficient (Wildman–Crippen LogP) is 3.13. The van der Waals surface area contributed by atoms with Gasteiger partial charge in [-0.15, -0.1) is 0 Å². The van der Waals surface area contributed by atoms with Gasteiger partial charge in [-0.2, -0.15) is 5.10 Å². The molecule has 0 unspecified atom stereocenters. The van der Waals surface area contributed by atoms with Gasteiger partial charge in [-0.3, -0.25) is 9.59 Å². The maximum Gasteiger partial charge on any atom is 0.276 e. The molecule has 0 spiro atoms. The zero-order valence-electron chi connectivity index (χ0n) is 16.9. The van der Waals surface area contributed by atoms with Crippen LogP contribution in [0.15, 0.2) is 54.6 Å². The maximum atomic E-state index is 13.0. The molecule has 0 radical (unpaired) electrons. The van der Waals surface area contributed by atoms with E-state index >= 15 is 0 Å². The number of benzene rings is 2. The second kappa shape index (κ2) is 8.82. The Kier molecular flexibility index (Phi) is 5.79. The van der Waals surface area contributed by atoms with Crippen molar-refractivity contribution in [2.45, 2.75) is 26.2 Å². The van der Waals surface area contributed by atoms with Crippen molar-refractivity contribution in [3.8, 4) is 11.4 Å². The van der Waals surface area contributed by atoms with Crippen LogP contribution in [0.4, 0.5) is 5.69 Å². The van der Waals surface area contributed by atoms with Crippen molar-refractivity contribution in [3.63, 3.8) is 0 Å². The highest BCUT2D eigenvalue weighted by Gasteiger charge is 2.27. The van der Waals surface area contributed by atoms with E-state index in [0.29, 0.717) is 23.7 Å². The Morgan fingerprint density at radius 3 is 2.73 bits per heavy atom. The fraction of sp³-hybridized carbons (Fsp3) is 0.261. The number of carbonyl (C=O) groups excluding carboxylic acids is 2. The molecule has 0 saturated carbocycles. The Labute approximate surface area is 175 Å². The predicted molar refractivity (Wildman–Crippen MR) is 114 cm³/mol. The zero-order chi connectivity index (χ0) is 20.9. The van der Waals surface area contributed by atoms with E-state index in [9.17, 15) is 9.59 Å². The van der Waals surface area contributed by atoms with Crippen LogP contribution in [0.5, 0.6) is 5.75 Å². The van der Waals surface area contributed by atoms with Crippen molar-refractivity contribution < 1.29 is 14.3 Å². The van der Waals surface area contributed by atoms with Gasteiger partial charge in [-0.25, -0.2) is 4.68 Å². The number of aromatic nitrogens is 2.